The van der Waals surface area contributed by atoms with E-state index in [1.165, 1.54) is 44.6 Å². The van der Waals surface area contributed by atoms with Crippen molar-refractivity contribution in [2.24, 2.45) is 0 Å². The highest BCUT2D eigenvalue weighted by atomic mass is 16.7. The summed E-state index contributed by atoms with van der Waals surface area (Å²) >= 11 is 0. The van der Waals surface area contributed by atoms with Crippen LogP contribution in [0.25, 0.3) is 39.3 Å². The first kappa shape index (κ1) is 34.8. The van der Waals surface area contributed by atoms with Crippen molar-refractivity contribution in [1.29, 1.82) is 0 Å². The zero-order valence-corrected chi connectivity index (χ0v) is 26.7. The van der Waals surface area contributed by atoms with Gasteiger partial charge < -0.3 is 63.2 Å². The standard InChI is InChI=1S/C35H30O16/c1-45-22-9-16(10-23(46-2)28(22)39)32-33(19-13-24(34(43)44)48-20-11-18(37)12-21(49-32)27(19)20)51-35-31(42)30(41)29(40)25(50-35)14-47-26(38)8-5-15-3-6-17(36)7-4-15/h3-13,25,29-31,35-36,39-42H,14H2,1-2H3,(H,43,44)/b8-5+/t25-,29-,30+,31-,35?/m1/s1. The van der Waals surface area contributed by atoms with E-state index in [-0.39, 0.29) is 62.0 Å². The minimum Gasteiger partial charge on any atom is -0.508 e. The van der Waals surface area contributed by atoms with E-state index in [1.807, 2.05) is 0 Å². The molecule has 1 aliphatic heterocycles. The monoisotopic (exact) mass is 706 g/mol. The number of phenols is 2. The van der Waals surface area contributed by atoms with E-state index < -0.39 is 60.4 Å². The molecule has 51 heavy (non-hydrogen) atoms. The second-order valence-electron chi connectivity index (χ2n) is 11.3. The van der Waals surface area contributed by atoms with Crippen LogP contribution in [0, 0.1) is 0 Å². The third-order valence-corrected chi connectivity index (χ3v) is 8.02. The van der Waals surface area contributed by atoms with Crippen LogP contribution in [0.5, 0.6) is 28.7 Å². The van der Waals surface area contributed by atoms with Gasteiger partial charge in [-0.2, -0.15) is 0 Å². The molecule has 1 aliphatic rings. The summed E-state index contributed by atoms with van der Waals surface area (Å²) in [4.78, 5) is 37.1. The molecule has 266 valence electrons. The van der Waals surface area contributed by atoms with Crippen LogP contribution in [0.4, 0.5) is 0 Å². The van der Waals surface area contributed by atoms with Crippen molar-refractivity contribution in [3.05, 3.63) is 82.2 Å². The maximum atomic E-state index is 12.6. The maximum Gasteiger partial charge on any atom is 0.371 e. The number of rotatable bonds is 10. The number of carboxylic acids is 1. The lowest BCUT2D eigenvalue weighted by atomic mass is 9.99. The van der Waals surface area contributed by atoms with Crippen molar-refractivity contribution >= 4 is 40.0 Å². The van der Waals surface area contributed by atoms with Crippen molar-refractivity contribution in [2.45, 2.75) is 30.7 Å². The quantitative estimate of drug-likeness (QED) is 0.0903. The second-order valence-corrected chi connectivity index (χ2v) is 11.3. The summed E-state index contributed by atoms with van der Waals surface area (Å²) in [7, 11) is 2.56. The number of carbonyl (C=O) groups is 2. The molecule has 16 heteroatoms. The fraction of sp³-hybridized carbons (Fsp3) is 0.229. The Hall–Kier alpha value is -6.07. The van der Waals surface area contributed by atoms with Gasteiger partial charge in [0.2, 0.25) is 17.8 Å². The van der Waals surface area contributed by atoms with Gasteiger partial charge in [0.15, 0.2) is 28.4 Å². The smallest absolute Gasteiger partial charge is 0.371 e. The topological polar surface area (TPSA) is 245 Å². The number of aromatic hydroxyl groups is 2. The van der Waals surface area contributed by atoms with E-state index in [1.54, 1.807) is 12.1 Å². The van der Waals surface area contributed by atoms with Crippen LogP contribution in [0.1, 0.15) is 16.1 Å². The third-order valence-electron chi connectivity index (χ3n) is 8.02. The van der Waals surface area contributed by atoms with Crippen molar-refractivity contribution in [3.8, 4) is 40.1 Å². The second kappa shape index (κ2) is 14.0. The molecule has 6 N–H and O–H groups in total. The fourth-order valence-electron chi connectivity index (χ4n) is 5.47. The number of phenolic OH excluding ortho intramolecular Hbond substituents is 2. The number of methoxy groups -OCH3 is 2. The molecule has 0 spiro atoms. The van der Waals surface area contributed by atoms with Crippen molar-refractivity contribution in [3.63, 3.8) is 0 Å². The lowest BCUT2D eigenvalue weighted by Gasteiger charge is -2.40. The Morgan fingerprint density at radius 3 is 2.14 bits per heavy atom. The number of aliphatic hydroxyl groups is 3. The molecule has 16 nitrogen and oxygen atoms in total. The Morgan fingerprint density at radius 1 is 0.863 bits per heavy atom. The molecule has 2 aromatic heterocycles. The molecule has 0 amide bonds. The van der Waals surface area contributed by atoms with Crippen molar-refractivity contribution in [1.82, 2.24) is 0 Å². The number of carbonyl (C=O) groups excluding carboxylic acids is 1. The molecule has 3 heterocycles. The van der Waals surface area contributed by atoms with Crippen LogP contribution >= 0.6 is 0 Å². The van der Waals surface area contributed by atoms with Crippen LogP contribution in [0.15, 0.2) is 74.3 Å². The number of esters is 1. The predicted molar refractivity (Wildman–Crippen MR) is 175 cm³/mol. The number of ether oxygens (including phenoxy) is 5. The molecular formula is C35H30O16. The summed E-state index contributed by atoms with van der Waals surface area (Å²) < 4.78 is 39.3. The van der Waals surface area contributed by atoms with Crippen LogP contribution in [0.2, 0.25) is 0 Å². The Balaban J connectivity index is 1.41. The molecule has 1 saturated heterocycles. The van der Waals surface area contributed by atoms with Gasteiger partial charge in [-0.05, 0) is 35.9 Å². The average Bonchev–Trinajstić information content (AvgIpc) is 3.11. The van der Waals surface area contributed by atoms with Crippen molar-refractivity contribution in [2.75, 3.05) is 20.8 Å². The Morgan fingerprint density at radius 2 is 1.51 bits per heavy atom. The first-order valence-electron chi connectivity index (χ1n) is 15.1. The van der Waals surface area contributed by atoms with Gasteiger partial charge in [-0.25, -0.2) is 9.59 Å². The van der Waals surface area contributed by atoms with Gasteiger partial charge in [-0.3, -0.25) is 4.79 Å². The van der Waals surface area contributed by atoms with E-state index in [0.717, 1.165) is 24.3 Å². The lowest BCUT2D eigenvalue weighted by Crippen LogP contribution is -2.60. The first-order valence-corrected chi connectivity index (χ1v) is 15.1. The molecule has 3 aromatic carbocycles. The minimum absolute atomic E-state index is 0.00494. The largest absolute Gasteiger partial charge is 0.508 e. The minimum atomic E-state index is -1.92. The van der Waals surface area contributed by atoms with Crippen LogP contribution in [-0.4, -0.2) is 94.1 Å². The Bertz CT molecular complexity index is 2170. The highest BCUT2D eigenvalue weighted by Gasteiger charge is 2.46. The third kappa shape index (κ3) is 6.88. The number of carboxylic acid groups (broad SMARTS) is 1. The van der Waals surface area contributed by atoms with E-state index >= 15 is 0 Å². The van der Waals surface area contributed by atoms with Crippen LogP contribution in [0.3, 0.4) is 0 Å². The number of hydrogen-bond acceptors (Lipinski definition) is 15. The molecule has 1 fully saturated rings. The van der Waals surface area contributed by atoms with Gasteiger partial charge >= 0.3 is 11.9 Å². The summed E-state index contributed by atoms with van der Waals surface area (Å²) in [6.45, 7) is -0.606. The predicted octanol–water partition coefficient (Wildman–Crippen LogP) is 2.78. The van der Waals surface area contributed by atoms with Crippen molar-refractivity contribution < 1.29 is 72.7 Å². The fourth-order valence-corrected chi connectivity index (χ4v) is 5.47. The zero-order chi connectivity index (χ0) is 36.6. The SMILES string of the molecule is COc1cc(-c2oc3cc(=O)cc4oc(C(=O)O)cc(c2OC2O[C@H](COC(=O)/C=C/c5ccc(O)cc5)[C@@H](O)[C@H](O)[C@H]2O)c43)cc(OC)c1O. The zero-order valence-electron chi connectivity index (χ0n) is 26.7. The highest BCUT2D eigenvalue weighted by Crippen LogP contribution is 2.47. The summed E-state index contributed by atoms with van der Waals surface area (Å²) in [5.74, 6) is -3.92. The summed E-state index contributed by atoms with van der Waals surface area (Å²) in [6, 6.07) is 11.9. The van der Waals surface area contributed by atoms with Gasteiger partial charge in [0.05, 0.1) is 19.6 Å². The van der Waals surface area contributed by atoms with Crippen LogP contribution < -0.4 is 19.6 Å². The van der Waals surface area contributed by atoms with Gasteiger partial charge in [0, 0.05) is 35.2 Å². The summed E-state index contributed by atoms with van der Waals surface area (Å²) in [6.07, 6.45) is -6.32. The number of aliphatic hydroxyl groups excluding tert-OH is 3. The van der Waals surface area contributed by atoms with Gasteiger partial charge in [-0.15, -0.1) is 0 Å². The van der Waals surface area contributed by atoms with Gasteiger partial charge in [0.25, 0.3) is 0 Å². The normalized spacial score (nSPS) is 20.5. The van der Waals surface area contributed by atoms with Crippen LogP contribution in [-0.2, 0) is 14.3 Å². The van der Waals surface area contributed by atoms with E-state index in [9.17, 15) is 45.0 Å². The summed E-state index contributed by atoms with van der Waals surface area (Å²) in [5.41, 5.74) is -0.138. The average molecular weight is 707 g/mol. The van der Waals surface area contributed by atoms with E-state index in [2.05, 4.69) is 0 Å². The van der Waals surface area contributed by atoms with E-state index in [0.29, 0.717) is 5.56 Å². The molecule has 0 bridgehead atoms. The molecule has 0 radical (unpaired) electrons. The Labute approximate surface area is 286 Å². The summed E-state index contributed by atoms with van der Waals surface area (Å²) in [5, 5.41) is 62.4. The van der Waals surface area contributed by atoms with Gasteiger partial charge in [-0.1, -0.05) is 12.1 Å². The maximum absolute atomic E-state index is 12.6. The lowest BCUT2D eigenvalue weighted by molar-refractivity contribution is -0.278. The number of aromatic carboxylic acids is 1. The molecule has 6 rings (SSSR count). The first-order chi connectivity index (χ1) is 24.4. The number of benzene rings is 3. The highest BCUT2D eigenvalue weighted by molar-refractivity contribution is 6.11. The van der Waals surface area contributed by atoms with Gasteiger partial charge in [0.1, 0.15) is 47.9 Å². The molecule has 5 aromatic rings. The van der Waals surface area contributed by atoms with E-state index in [4.69, 9.17) is 32.5 Å². The molecule has 1 unspecified atom stereocenters. The molecular weight excluding hydrogens is 676 g/mol. The molecule has 5 atom stereocenters. The number of hydrogen-bond donors (Lipinski definition) is 6. The Kier molecular flexibility index (Phi) is 9.58. The molecule has 0 saturated carbocycles. The molecule has 0 aliphatic carbocycles.